The minimum Gasteiger partial charge on any atom is -0.480 e. The molecule has 0 spiro atoms. The molecule has 1 saturated heterocycles. The zero-order valence-electron chi connectivity index (χ0n) is 12.2. The number of carboxylic acid groups (broad SMARTS) is 1. The zero-order chi connectivity index (χ0) is 14.9. The molecule has 2 aliphatic rings. The number of nitrogens with zero attached hydrogens (tertiary/aromatic N) is 2. The number of hydrogen-bond acceptors (Lipinski definition) is 3. The van der Waals surface area contributed by atoms with E-state index in [1.165, 1.54) is 4.90 Å². The van der Waals surface area contributed by atoms with Gasteiger partial charge in [0.05, 0.1) is 6.10 Å². The van der Waals surface area contributed by atoms with Gasteiger partial charge in [-0.15, -0.1) is 0 Å². The van der Waals surface area contributed by atoms with Crippen molar-refractivity contribution in [3.8, 4) is 0 Å². The molecule has 0 bridgehead atoms. The van der Waals surface area contributed by atoms with Gasteiger partial charge in [0.15, 0.2) is 0 Å². The summed E-state index contributed by atoms with van der Waals surface area (Å²) >= 11 is 0. The molecule has 1 aliphatic carbocycles. The first kappa shape index (κ1) is 15.1. The summed E-state index contributed by atoms with van der Waals surface area (Å²) in [5, 5.41) is 18.6. The fourth-order valence-electron chi connectivity index (χ4n) is 3.14. The number of carbonyl (C=O) groups is 2. The molecular weight excluding hydrogens is 260 g/mol. The van der Waals surface area contributed by atoms with E-state index in [2.05, 4.69) is 0 Å². The molecule has 1 heterocycles. The van der Waals surface area contributed by atoms with Crippen molar-refractivity contribution in [3.63, 3.8) is 0 Å². The first-order chi connectivity index (χ1) is 9.38. The summed E-state index contributed by atoms with van der Waals surface area (Å²) in [6.07, 6.45) is 2.61. The number of carbonyl (C=O) groups excluding carboxylic acids is 1. The van der Waals surface area contributed by atoms with Crippen molar-refractivity contribution in [1.82, 2.24) is 9.80 Å². The molecule has 0 aromatic rings. The molecule has 2 N–H and O–H groups in total. The van der Waals surface area contributed by atoms with Gasteiger partial charge in [0.2, 0.25) is 0 Å². The second-order valence-electron chi connectivity index (χ2n) is 6.33. The number of urea groups is 1. The van der Waals surface area contributed by atoms with Crippen molar-refractivity contribution in [3.05, 3.63) is 0 Å². The maximum Gasteiger partial charge on any atom is 0.326 e. The number of aliphatic carboxylic acids is 1. The van der Waals surface area contributed by atoms with Gasteiger partial charge in [-0.2, -0.15) is 0 Å². The summed E-state index contributed by atoms with van der Waals surface area (Å²) in [7, 11) is 1.71. The van der Waals surface area contributed by atoms with Crippen molar-refractivity contribution >= 4 is 12.0 Å². The summed E-state index contributed by atoms with van der Waals surface area (Å²) in [5.41, 5.74) is 0. The third kappa shape index (κ3) is 3.23. The average molecular weight is 284 g/mol. The van der Waals surface area contributed by atoms with E-state index in [9.17, 15) is 19.8 Å². The molecule has 0 aromatic heterocycles. The Labute approximate surface area is 119 Å². The molecule has 114 valence electrons. The number of likely N-dealkylation sites (tertiary alicyclic amines) is 1. The highest BCUT2D eigenvalue weighted by molar-refractivity contribution is 5.82. The fraction of sp³-hybridized carbons (Fsp3) is 0.857. The number of aliphatic hydroxyl groups excluding tert-OH is 1. The molecule has 1 saturated carbocycles. The van der Waals surface area contributed by atoms with E-state index >= 15 is 0 Å². The Hall–Kier alpha value is -1.30. The van der Waals surface area contributed by atoms with E-state index in [0.29, 0.717) is 31.3 Å². The lowest BCUT2D eigenvalue weighted by molar-refractivity contribution is -0.144. The highest BCUT2D eigenvalue weighted by Gasteiger charge is 2.37. The lowest BCUT2D eigenvalue weighted by Crippen LogP contribution is -2.54. The van der Waals surface area contributed by atoms with Crippen LogP contribution in [0.5, 0.6) is 0 Å². The van der Waals surface area contributed by atoms with Gasteiger partial charge in [-0.1, -0.05) is 6.92 Å². The SMILES string of the molecule is CC1CCN(C(=O)N(C)CC2CC(O)C2)C(C(=O)O)C1. The van der Waals surface area contributed by atoms with E-state index in [1.807, 2.05) is 6.92 Å². The molecule has 2 unspecified atom stereocenters. The van der Waals surface area contributed by atoms with Crippen molar-refractivity contribution < 1.29 is 19.8 Å². The van der Waals surface area contributed by atoms with E-state index < -0.39 is 12.0 Å². The Morgan fingerprint density at radius 1 is 1.30 bits per heavy atom. The summed E-state index contributed by atoms with van der Waals surface area (Å²) in [4.78, 5) is 26.8. The predicted octanol–water partition coefficient (Wildman–Crippen LogP) is 0.994. The Morgan fingerprint density at radius 3 is 2.50 bits per heavy atom. The maximum atomic E-state index is 12.4. The normalized spacial score (nSPS) is 33.5. The van der Waals surface area contributed by atoms with Gasteiger partial charge in [0.25, 0.3) is 0 Å². The monoisotopic (exact) mass is 284 g/mol. The smallest absolute Gasteiger partial charge is 0.326 e. The third-order valence-electron chi connectivity index (χ3n) is 4.46. The first-order valence-electron chi connectivity index (χ1n) is 7.31. The molecule has 2 amide bonds. The highest BCUT2D eigenvalue weighted by Crippen LogP contribution is 2.29. The highest BCUT2D eigenvalue weighted by atomic mass is 16.4. The van der Waals surface area contributed by atoms with Gasteiger partial charge in [0, 0.05) is 20.1 Å². The molecule has 20 heavy (non-hydrogen) atoms. The van der Waals surface area contributed by atoms with Crippen molar-refractivity contribution in [2.75, 3.05) is 20.1 Å². The number of hydrogen-bond donors (Lipinski definition) is 2. The van der Waals surface area contributed by atoms with Crippen LogP contribution in [0.3, 0.4) is 0 Å². The summed E-state index contributed by atoms with van der Waals surface area (Å²) in [6.45, 7) is 3.13. The standard InChI is InChI=1S/C14H24N2O4/c1-9-3-4-16(12(5-9)13(18)19)14(20)15(2)8-10-6-11(17)7-10/h9-12,17H,3-8H2,1-2H3,(H,18,19). The molecule has 0 radical (unpaired) electrons. The van der Waals surface area contributed by atoms with Gasteiger partial charge < -0.3 is 20.0 Å². The van der Waals surface area contributed by atoms with Crippen LogP contribution >= 0.6 is 0 Å². The van der Waals surface area contributed by atoms with Crippen molar-refractivity contribution in [2.24, 2.45) is 11.8 Å². The largest absolute Gasteiger partial charge is 0.480 e. The Kier molecular flexibility index (Phi) is 4.52. The molecule has 2 fully saturated rings. The van der Waals surface area contributed by atoms with Crippen molar-refractivity contribution in [1.29, 1.82) is 0 Å². The van der Waals surface area contributed by atoms with E-state index in [0.717, 1.165) is 19.3 Å². The molecule has 1 aliphatic heterocycles. The Morgan fingerprint density at radius 2 is 1.95 bits per heavy atom. The van der Waals surface area contributed by atoms with E-state index in [-0.39, 0.29) is 12.1 Å². The average Bonchev–Trinajstić information content (AvgIpc) is 2.35. The number of carboxylic acids is 1. The maximum absolute atomic E-state index is 12.4. The molecule has 0 aromatic carbocycles. The van der Waals surface area contributed by atoms with Crippen LogP contribution in [0.25, 0.3) is 0 Å². The van der Waals surface area contributed by atoms with E-state index in [1.54, 1.807) is 11.9 Å². The lowest BCUT2D eigenvalue weighted by atomic mass is 9.82. The summed E-state index contributed by atoms with van der Waals surface area (Å²) in [5.74, 6) is -0.240. The van der Waals surface area contributed by atoms with Crippen LogP contribution in [0.4, 0.5) is 4.79 Å². The van der Waals surface area contributed by atoms with Crippen LogP contribution in [0, 0.1) is 11.8 Å². The second kappa shape index (κ2) is 5.99. The first-order valence-corrected chi connectivity index (χ1v) is 7.31. The number of amides is 2. The van der Waals surface area contributed by atoms with Crippen LogP contribution in [0.15, 0.2) is 0 Å². The predicted molar refractivity (Wildman–Crippen MR) is 73.3 cm³/mol. The van der Waals surface area contributed by atoms with Crippen LogP contribution in [0.2, 0.25) is 0 Å². The summed E-state index contributed by atoms with van der Waals surface area (Å²) < 4.78 is 0. The number of aliphatic hydroxyl groups is 1. The molecule has 2 atom stereocenters. The molecule has 2 rings (SSSR count). The molecule has 6 nitrogen and oxygen atoms in total. The lowest BCUT2D eigenvalue weighted by Gasteiger charge is -2.40. The van der Waals surface area contributed by atoms with E-state index in [4.69, 9.17) is 0 Å². The number of rotatable bonds is 3. The Balaban J connectivity index is 1.93. The minimum absolute atomic E-state index is 0.203. The van der Waals surface area contributed by atoms with Gasteiger partial charge in [-0.05, 0) is 37.5 Å². The van der Waals surface area contributed by atoms with Crippen LogP contribution in [-0.4, -0.2) is 64.3 Å². The van der Waals surface area contributed by atoms with Gasteiger partial charge in [-0.3, -0.25) is 0 Å². The van der Waals surface area contributed by atoms with Gasteiger partial charge in [-0.25, -0.2) is 9.59 Å². The molecular formula is C14H24N2O4. The second-order valence-corrected chi connectivity index (χ2v) is 6.33. The van der Waals surface area contributed by atoms with Gasteiger partial charge >= 0.3 is 12.0 Å². The third-order valence-corrected chi connectivity index (χ3v) is 4.46. The zero-order valence-corrected chi connectivity index (χ0v) is 12.2. The molecule has 6 heteroatoms. The van der Waals surface area contributed by atoms with Crippen LogP contribution in [0.1, 0.15) is 32.6 Å². The topological polar surface area (TPSA) is 81.1 Å². The number of piperidine rings is 1. The van der Waals surface area contributed by atoms with Gasteiger partial charge in [0.1, 0.15) is 6.04 Å². The Bertz CT molecular complexity index is 381. The summed E-state index contributed by atoms with van der Waals surface area (Å²) in [6, 6.07) is -0.911. The van der Waals surface area contributed by atoms with Crippen LogP contribution < -0.4 is 0 Å². The quantitative estimate of drug-likeness (QED) is 0.810. The minimum atomic E-state index is -0.919. The van der Waals surface area contributed by atoms with Crippen LogP contribution in [-0.2, 0) is 4.79 Å². The van der Waals surface area contributed by atoms with Crippen molar-refractivity contribution in [2.45, 2.75) is 44.8 Å². The fourth-order valence-corrected chi connectivity index (χ4v) is 3.14.